The Hall–Kier alpha value is -1.12. The predicted molar refractivity (Wildman–Crippen MR) is 50.3 cm³/mol. The fraction of sp³-hybridized carbons (Fsp3) is 0.556. The quantitative estimate of drug-likeness (QED) is 0.587. The van der Waals surface area contributed by atoms with E-state index in [-0.39, 0.29) is 5.56 Å². The van der Waals surface area contributed by atoms with Gasteiger partial charge in [0.25, 0.3) is 5.56 Å². The summed E-state index contributed by atoms with van der Waals surface area (Å²) in [5.41, 5.74) is 0.783. The first kappa shape index (κ1) is 10.9. The Kier molecular flexibility index (Phi) is 4.26. The van der Waals surface area contributed by atoms with Crippen molar-refractivity contribution in [3.05, 3.63) is 27.9 Å². The van der Waals surface area contributed by atoms with Gasteiger partial charge in [0.15, 0.2) is 0 Å². The first-order valence-electron chi connectivity index (χ1n) is 4.12. The van der Waals surface area contributed by atoms with Crippen molar-refractivity contribution in [2.45, 2.75) is 27.7 Å². The minimum atomic E-state index is -0.159. The van der Waals surface area contributed by atoms with Crippen LogP contribution in [-0.2, 0) is 7.05 Å². The van der Waals surface area contributed by atoms with Crippen molar-refractivity contribution in [2.24, 2.45) is 7.05 Å². The van der Waals surface area contributed by atoms with Gasteiger partial charge in [0.05, 0.1) is 0 Å². The summed E-state index contributed by atoms with van der Waals surface area (Å²) in [5.74, 6) is 0.755. The Balaban J connectivity index is 0.000000561. The van der Waals surface area contributed by atoms with E-state index in [9.17, 15) is 4.79 Å². The molecule has 0 aliphatic rings. The third kappa shape index (κ3) is 2.49. The van der Waals surface area contributed by atoms with Crippen LogP contribution in [0.1, 0.15) is 25.4 Å². The summed E-state index contributed by atoms with van der Waals surface area (Å²) in [5, 5.41) is 0. The summed E-state index contributed by atoms with van der Waals surface area (Å²) in [4.78, 5) is 14.5. The highest BCUT2D eigenvalue weighted by Gasteiger charge is 1.95. The molecule has 0 N–H and O–H groups in total. The van der Waals surface area contributed by atoms with Crippen LogP contribution < -0.4 is 5.56 Å². The zero-order valence-corrected chi connectivity index (χ0v) is 8.38. The van der Waals surface area contributed by atoms with E-state index in [0.29, 0.717) is 0 Å². The summed E-state index contributed by atoms with van der Waals surface area (Å²) >= 11 is 0. The third-order valence-corrected chi connectivity index (χ3v) is 1.62. The van der Waals surface area contributed by atoms with E-state index in [1.807, 2.05) is 39.3 Å². The molecule has 0 spiro atoms. The van der Waals surface area contributed by atoms with Crippen molar-refractivity contribution in [2.75, 3.05) is 0 Å². The molecule has 0 saturated heterocycles. The maximum absolute atomic E-state index is 10.7. The summed E-state index contributed by atoms with van der Waals surface area (Å²) in [7, 11) is 1.89. The van der Waals surface area contributed by atoms with Crippen molar-refractivity contribution in [1.29, 1.82) is 0 Å². The molecule has 0 aliphatic carbocycles. The predicted octanol–water partition coefficient (Wildman–Crippen LogP) is 1.42. The van der Waals surface area contributed by atoms with E-state index < -0.39 is 0 Å². The van der Waals surface area contributed by atoms with Crippen molar-refractivity contribution in [3.63, 3.8) is 0 Å². The molecular weight excluding hydrogens is 152 g/mol. The Labute approximate surface area is 73.1 Å². The van der Waals surface area contributed by atoms with Gasteiger partial charge in [-0.15, -0.1) is 0 Å². The zero-order valence-electron chi connectivity index (χ0n) is 8.38. The molecule has 1 rings (SSSR count). The molecule has 1 aromatic rings. The first-order valence-corrected chi connectivity index (χ1v) is 4.12. The second-order valence-electron chi connectivity index (χ2n) is 2.34. The van der Waals surface area contributed by atoms with Crippen LogP contribution in [0.15, 0.2) is 10.9 Å². The lowest BCUT2D eigenvalue weighted by atomic mass is 10.4. The second kappa shape index (κ2) is 4.70. The summed E-state index contributed by atoms with van der Waals surface area (Å²) in [6.45, 7) is 7.70. The SMILES string of the molecule is CC.Cc1cc(=O)nc(C)n1C. The molecule has 1 aromatic heterocycles. The van der Waals surface area contributed by atoms with E-state index in [4.69, 9.17) is 0 Å². The van der Waals surface area contributed by atoms with Crippen molar-refractivity contribution in [1.82, 2.24) is 9.55 Å². The smallest absolute Gasteiger partial charge is 0.273 e. The molecule has 3 heteroatoms. The van der Waals surface area contributed by atoms with Crippen LogP contribution in [0.2, 0.25) is 0 Å². The molecule has 68 valence electrons. The lowest BCUT2D eigenvalue weighted by Crippen LogP contribution is -2.14. The average molecular weight is 168 g/mol. The van der Waals surface area contributed by atoms with Gasteiger partial charge in [-0.3, -0.25) is 4.79 Å². The Morgan fingerprint density at radius 1 is 1.33 bits per heavy atom. The van der Waals surface area contributed by atoms with Crippen LogP contribution in [0.5, 0.6) is 0 Å². The van der Waals surface area contributed by atoms with Gasteiger partial charge in [0.2, 0.25) is 0 Å². The molecule has 3 nitrogen and oxygen atoms in total. The molecule has 0 aliphatic heterocycles. The van der Waals surface area contributed by atoms with Crippen LogP contribution in [0.25, 0.3) is 0 Å². The van der Waals surface area contributed by atoms with Crippen LogP contribution in [-0.4, -0.2) is 9.55 Å². The van der Waals surface area contributed by atoms with Gasteiger partial charge in [-0.05, 0) is 13.8 Å². The minimum Gasteiger partial charge on any atom is -0.337 e. The number of aromatic nitrogens is 2. The largest absolute Gasteiger partial charge is 0.337 e. The van der Waals surface area contributed by atoms with Gasteiger partial charge in [0.1, 0.15) is 5.82 Å². The summed E-state index contributed by atoms with van der Waals surface area (Å²) in [6.07, 6.45) is 0. The number of aryl methyl sites for hydroxylation is 2. The lowest BCUT2D eigenvalue weighted by Gasteiger charge is -2.04. The van der Waals surface area contributed by atoms with Gasteiger partial charge < -0.3 is 4.57 Å². The molecule has 0 bridgehead atoms. The number of hydrogen-bond donors (Lipinski definition) is 0. The molecule has 0 atom stereocenters. The van der Waals surface area contributed by atoms with Crippen LogP contribution >= 0.6 is 0 Å². The van der Waals surface area contributed by atoms with Gasteiger partial charge >= 0.3 is 0 Å². The van der Waals surface area contributed by atoms with Crippen LogP contribution in [0.3, 0.4) is 0 Å². The van der Waals surface area contributed by atoms with Gasteiger partial charge in [-0.2, -0.15) is 4.98 Å². The highest BCUT2D eigenvalue weighted by molar-refractivity contribution is 5.01. The molecular formula is C9H16N2O. The summed E-state index contributed by atoms with van der Waals surface area (Å²) < 4.78 is 1.88. The second-order valence-corrected chi connectivity index (χ2v) is 2.34. The van der Waals surface area contributed by atoms with E-state index in [1.54, 1.807) is 0 Å². The van der Waals surface area contributed by atoms with E-state index >= 15 is 0 Å². The molecule has 12 heavy (non-hydrogen) atoms. The number of hydrogen-bond acceptors (Lipinski definition) is 2. The van der Waals surface area contributed by atoms with Crippen LogP contribution in [0, 0.1) is 13.8 Å². The monoisotopic (exact) mass is 168 g/mol. The van der Waals surface area contributed by atoms with E-state index in [2.05, 4.69) is 4.98 Å². The molecule has 0 radical (unpaired) electrons. The maximum atomic E-state index is 10.7. The highest BCUT2D eigenvalue weighted by atomic mass is 16.1. The van der Waals surface area contributed by atoms with Crippen molar-refractivity contribution in [3.8, 4) is 0 Å². The van der Waals surface area contributed by atoms with E-state index in [0.717, 1.165) is 11.5 Å². The zero-order chi connectivity index (χ0) is 9.72. The standard InChI is InChI=1S/C7H10N2O.C2H6/c1-5-4-7(10)8-6(2)9(5)3;1-2/h4H,1-3H3;1-2H3. The normalized spacial score (nSPS) is 8.75. The number of nitrogens with zero attached hydrogens (tertiary/aromatic N) is 2. The Morgan fingerprint density at radius 3 is 2.25 bits per heavy atom. The van der Waals surface area contributed by atoms with Gasteiger partial charge in [-0.25, -0.2) is 0 Å². The molecule has 0 amide bonds. The molecule has 0 saturated carbocycles. The number of rotatable bonds is 0. The van der Waals surface area contributed by atoms with E-state index in [1.165, 1.54) is 6.07 Å². The van der Waals surface area contributed by atoms with Crippen LogP contribution in [0.4, 0.5) is 0 Å². The average Bonchev–Trinajstić information content (AvgIpc) is 2.04. The Bertz CT molecular complexity index is 276. The topological polar surface area (TPSA) is 34.9 Å². The highest BCUT2D eigenvalue weighted by Crippen LogP contribution is 1.92. The van der Waals surface area contributed by atoms with Crippen molar-refractivity contribution >= 4 is 0 Å². The third-order valence-electron chi connectivity index (χ3n) is 1.62. The van der Waals surface area contributed by atoms with Gasteiger partial charge in [-0.1, -0.05) is 13.8 Å². The summed E-state index contributed by atoms with van der Waals surface area (Å²) in [6, 6.07) is 1.52. The Morgan fingerprint density at radius 2 is 1.83 bits per heavy atom. The fourth-order valence-corrected chi connectivity index (χ4v) is 0.797. The molecule has 0 aromatic carbocycles. The molecule has 0 unspecified atom stereocenters. The lowest BCUT2D eigenvalue weighted by molar-refractivity contribution is 0.765. The fourth-order valence-electron chi connectivity index (χ4n) is 0.797. The minimum absolute atomic E-state index is 0.159. The molecule has 0 fully saturated rings. The van der Waals surface area contributed by atoms with Gasteiger partial charge in [0, 0.05) is 18.8 Å². The first-order chi connectivity index (χ1) is 5.61. The molecule has 1 heterocycles. The van der Waals surface area contributed by atoms with Crippen molar-refractivity contribution < 1.29 is 0 Å². The maximum Gasteiger partial charge on any atom is 0.273 e.